The van der Waals surface area contributed by atoms with Gasteiger partial charge in [-0.15, -0.1) is 10.2 Å². The molecular weight excluding hydrogens is 314 g/mol. The number of allylic oxidation sites excluding steroid dienone is 1. The summed E-state index contributed by atoms with van der Waals surface area (Å²) in [6.07, 6.45) is 6.21. The standard InChI is InChI=1S/C19H23N5O/c1-23(11-12-25)17-8-6-15(7-9-17)13-16(14-20)19-22-21-18-5-3-2-4-10-24(18)19/h6-9,13,25H,2-5,10-12H2,1H3/b16-13+. The molecule has 0 radical (unpaired) electrons. The molecule has 0 saturated carbocycles. The summed E-state index contributed by atoms with van der Waals surface area (Å²) >= 11 is 0. The van der Waals surface area contributed by atoms with Crippen LogP contribution in [0.3, 0.4) is 0 Å². The lowest BCUT2D eigenvalue weighted by Gasteiger charge is -2.17. The van der Waals surface area contributed by atoms with Gasteiger partial charge in [0.15, 0.2) is 5.82 Å². The van der Waals surface area contributed by atoms with E-state index in [-0.39, 0.29) is 6.61 Å². The number of hydrogen-bond donors (Lipinski definition) is 1. The molecule has 6 nitrogen and oxygen atoms in total. The van der Waals surface area contributed by atoms with Gasteiger partial charge in [-0.1, -0.05) is 18.6 Å². The quantitative estimate of drug-likeness (QED) is 0.848. The number of rotatable bonds is 5. The van der Waals surface area contributed by atoms with Crippen LogP contribution in [0.25, 0.3) is 11.6 Å². The third-order valence-electron chi connectivity index (χ3n) is 4.55. The third kappa shape index (κ3) is 3.89. The molecule has 2 aromatic rings. The molecule has 3 rings (SSSR count). The molecule has 0 aliphatic carbocycles. The summed E-state index contributed by atoms with van der Waals surface area (Å²) in [6.45, 7) is 1.58. The zero-order valence-corrected chi connectivity index (χ0v) is 14.5. The van der Waals surface area contributed by atoms with E-state index in [4.69, 9.17) is 5.11 Å². The number of fused-ring (bicyclic) bond motifs is 1. The highest BCUT2D eigenvalue weighted by Crippen LogP contribution is 2.22. The van der Waals surface area contributed by atoms with Crippen LogP contribution in [0.15, 0.2) is 24.3 Å². The number of aryl methyl sites for hydroxylation is 1. The Morgan fingerprint density at radius 1 is 1.28 bits per heavy atom. The van der Waals surface area contributed by atoms with Crippen molar-refractivity contribution in [2.45, 2.75) is 32.2 Å². The average Bonchev–Trinajstić information content (AvgIpc) is 2.88. The fourth-order valence-electron chi connectivity index (χ4n) is 3.10. The molecule has 0 unspecified atom stereocenters. The number of nitriles is 1. The monoisotopic (exact) mass is 337 g/mol. The van der Waals surface area contributed by atoms with Crippen molar-refractivity contribution in [3.8, 4) is 6.07 Å². The van der Waals surface area contributed by atoms with E-state index in [1.165, 1.54) is 6.42 Å². The van der Waals surface area contributed by atoms with E-state index < -0.39 is 0 Å². The van der Waals surface area contributed by atoms with Crippen LogP contribution in [-0.2, 0) is 13.0 Å². The largest absolute Gasteiger partial charge is 0.395 e. The Morgan fingerprint density at radius 2 is 2.08 bits per heavy atom. The molecule has 130 valence electrons. The molecule has 0 saturated heterocycles. The molecule has 1 aromatic heterocycles. The lowest BCUT2D eigenvalue weighted by molar-refractivity contribution is 0.304. The van der Waals surface area contributed by atoms with Gasteiger partial charge in [0.2, 0.25) is 0 Å². The second-order valence-corrected chi connectivity index (χ2v) is 6.31. The van der Waals surface area contributed by atoms with Crippen molar-refractivity contribution in [1.82, 2.24) is 14.8 Å². The molecule has 0 spiro atoms. The average molecular weight is 337 g/mol. The molecule has 1 aliphatic heterocycles. The van der Waals surface area contributed by atoms with Crippen LogP contribution in [0.4, 0.5) is 5.69 Å². The van der Waals surface area contributed by atoms with Gasteiger partial charge in [0.05, 0.1) is 12.2 Å². The van der Waals surface area contributed by atoms with Crippen molar-refractivity contribution in [1.29, 1.82) is 5.26 Å². The van der Waals surface area contributed by atoms with Crippen LogP contribution >= 0.6 is 0 Å². The molecule has 6 heteroatoms. The Labute approximate surface area is 148 Å². The van der Waals surface area contributed by atoms with Crippen molar-refractivity contribution >= 4 is 17.3 Å². The third-order valence-corrected chi connectivity index (χ3v) is 4.55. The molecule has 0 amide bonds. The molecular formula is C19H23N5O. The molecule has 25 heavy (non-hydrogen) atoms. The maximum atomic E-state index is 9.61. The predicted molar refractivity (Wildman–Crippen MR) is 97.9 cm³/mol. The molecule has 0 bridgehead atoms. The summed E-state index contributed by atoms with van der Waals surface area (Å²) in [5.41, 5.74) is 2.52. The molecule has 0 fully saturated rings. The van der Waals surface area contributed by atoms with E-state index in [1.807, 2.05) is 42.3 Å². The Kier molecular flexibility index (Phi) is 5.46. The summed E-state index contributed by atoms with van der Waals surface area (Å²) in [6, 6.07) is 10.2. The zero-order chi connectivity index (χ0) is 17.6. The Hall–Kier alpha value is -2.65. The number of likely N-dealkylation sites (N-methyl/N-ethyl adjacent to an activating group) is 1. The summed E-state index contributed by atoms with van der Waals surface area (Å²) in [5.74, 6) is 1.65. The topological polar surface area (TPSA) is 78.0 Å². The first kappa shape index (κ1) is 17.2. The molecule has 1 aromatic carbocycles. The predicted octanol–water partition coefficient (Wildman–Crippen LogP) is 2.50. The van der Waals surface area contributed by atoms with Gasteiger partial charge in [0, 0.05) is 32.2 Å². The van der Waals surface area contributed by atoms with Crippen molar-refractivity contribution in [3.63, 3.8) is 0 Å². The number of aliphatic hydroxyl groups is 1. The smallest absolute Gasteiger partial charge is 0.174 e. The zero-order valence-electron chi connectivity index (χ0n) is 14.5. The minimum atomic E-state index is 0.120. The number of benzene rings is 1. The molecule has 0 atom stereocenters. The van der Waals surface area contributed by atoms with E-state index in [2.05, 4.69) is 20.8 Å². The van der Waals surface area contributed by atoms with Crippen molar-refractivity contribution < 1.29 is 5.11 Å². The van der Waals surface area contributed by atoms with Crippen LogP contribution in [0, 0.1) is 11.3 Å². The highest BCUT2D eigenvalue weighted by atomic mass is 16.3. The van der Waals surface area contributed by atoms with Gasteiger partial charge in [-0.3, -0.25) is 0 Å². The van der Waals surface area contributed by atoms with Crippen molar-refractivity contribution in [3.05, 3.63) is 41.5 Å². The van der Waals surface area contributed by atoms with Crippen molar-refractivity contribution in [2.24, 2.45) is 0 Å². The van der Waals surface area contributed by atoms with Crippen LogP contribution in [0.5, 0.6) is 0 Å². The maximum absolute atomic E-state index is 9.61. The highest BCUT2D eigenvalue weighted by Gasteiger charge is 2.17. The maximum Gasteiger partial charge on any atom is 0.174 e. The highest BCUT2D eigenvalue weighted by molar-refractivity contribution is 5.87. The van der Waals surface area contributed by atoms with Gasteiger partial charge in [-0.2, -0.15) is 5.26 Å². The normalized spacial score (nSPS) is 14.5. The number of aromatic nitrogens is 3. The van der Waals surface area contributed by atoms with Gasteiger partial charge in [-0.05, 0) is 36.6 Å². The second kappa shape index (κ2) is 7.95. The summed E-state index contributed by atoms with van der Waals surface area (Å²) in [7, 11) is 1.94. The first-order chi connectivity index (χ1) is 12.2. The molecule has 1 aliphatic rings. The first-order valence-electron chi connectivity index (χ1n) is 8.69. The van der Waals surface area contributed by atoms with Gasteiger partial charge in [-0.25, -0.2) is 0 Å². The van der Waals surface area contributed by atoms with E-state index in [1.54, 1.807) is 0 Å². The number of anilines is 1. The van der Waals surface area contributed by atoms with Crippen LogP contribution in [-0.4, -0.2) is 40.1 Å². The molecule has 1 N–H and O–H groups in total. The minimum Gasteiger partial charge on any atom is -0.395 e. The van der Waals surface area contributed by atoms with E-state index in [9.17, 15) is 5.26 Å². The lowest BCUT2D eigenvalue weighted by atomic mass is 10.1. The number of nitrogens with zero attached hydrogens (tertiary/aromatic N) is 5. The van der Waals surface area contributed by atoms with Crippen molar-refractivity contribution in [2.75, 3.05) is 25.1 Å². The summed E-state index contributed by atoms with van der Waals surface area (Å²) in [5, 5.41) is 27.2. The fraction of sp³-hybridized carbons (Fsp3) is 0.421. The Morgan fingerprint density at radius 3 is 2.80 bits per heavy atom. The first-order valence-corrected chi connectivity index (χ1v) is 8.69. The summed E-state index contributed by atoms with van der Waals surface area (Å²) in [4.78, 5) is 1.98. The van der Waals surface area contributed by atoms with Gasteiger partial charge in [0.25, 0.3) is 0 Å². The van der Waals surface area contributed by atoms with Crippen LogP contribution in [0.1, 0.15) is 36.5 Å². The van der Waals surface area contributed by atoms with Gasteiger partial charge in [0.1, 0.15) is 11.9 Å². The Bertz CT molecular complexity index is 785. The number of hydrogen-bond acceptors (Lipinski definition) is 5. The van der Waals surface area contributed by atoms with E-state index in [0.29, 0.717) is 17.9 Å². The van der Waals surface area contributed by atoms with E-state index in [0.717, 1.165) is 42.9 Å². The Balaban J connectivity index is 1.86. The van der Waals surface area contributed by atoms with Crippen LogP contribution in [0.2, 0.25) is 0 Å². The second-order valence-electron chi connectivity index (χ2n) is 6.31. The number of aliphatic hydroxyl groups excluding tert-OH is 1. The fourth-order valence-corrected chi connectivity index (χ4v) is 3.10. The summed E-state index contributed by atoms with van der Waals surface area (Å²) < 4.78 is 2.09. The van der Waals surface area contributed by atoms with E-state index >= 15 is 0 Å². The SMILES string of the molecule is CN(CCO)c1ccc(/C=C(\C#N)c2nnc3n2CCCCC3)cc1. The van der Waals surface area contributed by atoms with Crippen LogP contribution < -0.4 is 4.90 Å². The lowest BCUT2D eigenvalue weighted by Crippen LogP contribution is -2.20. The van der Waals surface area contributed by atoms with Gasteiger partial charge < -0.3 is 14.6 Å². The van der Waals surface area contributed by atoms with Gasteiger partial charge >= 0.3 is 0 Å². The molecule has 2 heterocycles. The minimum absolute atomic E-state index is 0.120.